The van der Waals surface area contributed by atoms with Crippen LogP contribution in [0.2, 0.25) is 0 Å². The summed E-state index contributed by atoms with van der Waals surface area (Å²) in [6, 6.07) is 2.17. The van der Waals surface area contributed by atoms with E-state index in [-0.39, 0.29) is 17.9 Å². The molecule has 1 aromatic rings. The summed E-state index contributed by atoms with van der Waals surface area (Å²) in [7, 11) is 0. The Morgan fingerprint density at radius 1 is 1.25 bits per heavy atom. The Morgan fingerprint density at radius 3 is 2.46 bits per heavy atom. The van der Waals surface area contributed by atoms with Crippen LogP contribution in [-0.2, 0) is 11.0 Å². The number of carbonyl (C=O) groups is 2. The van der Waals surface area contributed by atoms with Crippen molar-refractivity contribution in [3.05, 3.63) is 23.9 Å². The van der Waals surface area contributed by atoms with Crippen LogP contribution < -0.4 is 20.1 Å². The van der Waals surface area contributed by atoms with Crippen molar-refractivity contribution in [1.82, 2.24) is 10.2 Å². The quantitative estimate of drug-likeness (QED) is 0.695. The molecule has 2 aliphatic heterocycles. The highest BCUT2D eigenvalue weighted by Crippen LogP contribution is 2.42. The zero-order valence-corrected chi connectivity index (χ0v) is 15.6. The molecule has 0 radical (unpaired) electrons. The summed E-state index contributed by atoms with van der Waals surface area (Å²) < 4.78 is 38.0. The molecule has 0 spiro atoms. The normalized spacial score (nSPS) is 26.7. The fourth-order valence-corrected chi connectivity index (χ4v) is 4.03. The van der Waals surface area contributed by atoms with Crippen molar-refractivity contribution in [3.63, 3.8) is 0 Å². The smallest absolute Gasteiger partial charge is 0.323 e. The second-order valence-electron chi connectivity index (χ2n) is 8.00. The average Bonchev–Trinajstić information content (AvgIpc) is 3.48. The predicted octanol–water partition coefficient (Wildman–Crippen LogP) is -0.0976. The zero-order chi connectivity index (χ0) is 20.1. The fourth-order valence-electron chi connectivity index (χ4n) is 4.03. The van der Waals surface area contributed by atoms with Gasteiger partial charge in [-0.1, -0.05) is 0 Å². The number of pyridine rings is 1. The van der Waals surface area contributed by atoms with Crippen LogP contribution >= 0.6 is 0 Å². The molecule has 3 N–H and O–H groups in total. The number of nitrogens with one attached hydrogen (secondary N) is 3. The van der Waals surface area contributed by atoms with Crippen molar-refractivity contribution in [2.24, 2.45) is 5.92 Å². The maximum absolute atomic E-state index is 12.7. The zero-order valence-electron chi connectivity index (χ0n) is 15.6. The predicted molar refractivity (Wildman–Crippen MR) is 92.3 cm³/mol. The van der Waals surface area contributed by atoms with E-state index < -0.39 is 17.3 Å². The van der Waals surface area contributed by atoms with Crippen LogP contribution in [0.3, 0.4) is 0 Å². The van der Waals surface area contributed by atoms with Gasteiger partial charge in [-0.05, 0) is 31.7 Å². The molecule has 3 heterocycles. The van der Waals surface area contributed by atoms with Crippen molar-refractivity contribution in [1.29, 1.82) is 0 Å². The minimum Gasteiger partial charge on any atom is -0.323 e. The molecule has 7 nitrogen and oxygen atoms in total. The van der Waals surface area contributed by atoms with Crippen LogP contribution in [0.15, 0.2) is 18.3 Å². The lowest BCUT2D eigenvalue weighted by Crippen LogP contribution is -3.16. The first-order valence-electron chi connectivity index (χ1n) is 9.50. The van der Waals surface area contributed by atoms with Gasteiger partial charge in [0, 0.05) is 6.07 Å². The third kappa shape index (κ3) is 3.41. The molecule has 28 heavy (non-hydrogen) atoms. The van der Waals surface area contributed by atoms with Crippen LogP contribution in [0.4, 0.5) is 23.8 Å². The lowest BCUT2D eigenvalue weighted by Gasteiger charge is -2.30. The van der Waals surface area contributed by atoms with Gasteiger partial charge in [0.25, 0.3) is 11.7 Å². The van der Waals surface area contributed by atoms with Gasteiger partial charge in [0.05, 0.1) is 5.56 Å². The molecule has 152 valence electrons. The summed E-state index contributed by atoms with van der Waals surface area (Å²) in [6.45, 7) is 4.75. The van der Waals surface area contributed by atoms with Crippen LogP contribution in [0.5, 0.6) is 0 Å². The lowest BCUT2D eigenvalue weighted by molar-refractivity contribution is -0.908. The van der Waals surface area contributed by atoms with Crippen molar-refractivity contribution < 1.29 is 32.6 Å². The molecular formula is C18H24F3N5O2+2. The molecule has 1 aromatic heterocycles. The number of anilines is 1. The number of alkyl halides is 3. The molecule has 2 saturated heterocycles. The highest BCUT2D eigenvalue weighted by Gasteiger charge is 2.56. The molecule has 3 aliphatic rings. The van der Waals surface area contributed by atoms with Crippen LogP contribution in [-0.4, -0.2) is 55.2 Å². The maximum Gasteiger partial charge on any atom is 0.419 e. The molecule has 0 aromatic carbocycles. The van der Waals surface area contributed by atoms with E-state index in [0.29, 0.717) is 38.7 Å². The number of rotatable bonds is 4. The molecule has 0 unspecified atom stereocenters. The number of carbonyl (C=O) groups excluding carboxylic acids is 2. The molecule has 3 fully saturated rings. The van der Waals surface area contributed by atoms with Crippen molar-refractivity contribution in [2.75, 3.05) is 37.7 Å². The topological polar surface area (TPSA) is 71.2 Å². The van der Waals surface area contributed by atoms with Gasteiger partial charge < -0.3 is 10.2 Å². The second-order valence-corrected chi connectivity index (χ2v) is 8.00. The Kier molecular flexibility index (Phi) is 4.48. The SMILES string of the molecule is C[C@]1(C2CC2)NC(=O)N(C[NH+]2CCN(c3ccc(C(F)(F)F)c[nH+]3)CC2)C1=O. The van der Waals surface area contributed by atoms with Crippen LogP contribution in [0.1, 0.15) is 25.3 Å². The third-order valence-electron chi connectivity index (χ3n) is 6.01. The number of hydrogen-bond donors (Lipinski definition) is 2. The van der Waals surface area contributed by atoms with E-state index in [0.717, 1.165) is 30.0 Å². The average molecular weight is 399 g/mol. The number of quaternary nitrogens is 1. The fraction of sp³-hybridized carbons (Fsp3) is 0.611. The summed E-state index contributed by atoms with van der Waals surface area (Å²) >= 11 is 0. The van der Waals surface area contributed by atoms with Gasteiger partial charge in [-0.2, -0.15) is 13.2 Å². The van der Waals surface area contributed by atoms with Crippen LogP contribution in [0.25, 0.3) is 0 Å². The van der Waals surface area contributed by atoms with Crippen molar-refractivity contribution in [2.45, 2.75) is 31.5 Å². The number of piperazine rings is 1. The maximum atomic E-state index is 12.7. The first kappa shape index (κ1) is 19.0. The minimum absolute atomic E-state index is 0.147. The number of H-pyrrole nitrogens is 1. The number of aromatic amines is 1. The van der Waals surface area contributed by atoms with Gasteiger partial charge in [-0.15, -0.1) is 0 Å². The largest absolute Gasteiger partial charge is 0.419 e. The molecule has 1 aliphatic carbocycles. The second kappa shape index (κ2) is 6.61. The first-order chi connectivity index (χ1) is 13.2. The summed E-state index contributed by atoms with van der Waals surface area (Å²) in [4.78, 5) is 32.1. The van der Waals surface area contributed by atoms with Crippen molar-refractivity contribution in [3.8, 4) is 0 Å². The number of imide groups is 1. The Labute approximate surface area is 160 Å². The number of aromatic nitrogens is 1. The number of nitrogens with zero attached hydrogens (tertiary/aromatic N) is 2. The number of halogens is 3. The molecular weight excluding hydrogens is 375 g/mol. The van der Waals surface area contributed by atoms with E-state index in [2.05, 4.69) is 10.3 Å². The van der Waals surface area contributed by atoms with Gasteiger partial charge in [0.2, 0.25) is 0 Å². The van der Waals surface area contributed by atoms with E-state index >= 15 is 0 Å². The first-order valence-corrected chi connectivity index (χ1v) is 9.50. The van der Waals surface area contributed by atoms with E-state index in [1.165, 1.54) is 11.0 Å². The van der Waals surface area contributed by atoms with Crippen LogP contribution in [0, 0.1) is 5.92 Å². The molecule has 3 amide bonds. The van der Waals surface area contributed by atoms with E-state index in [9.17, 15) is 22.8 Å². The third-order valence-corrected chi connectivity index (χ3v) is 6.01. The summed E-state index contributed by atoms with van der Waals surface area (Å²) in [5, 5.41) is 2.85. The molecule has 10 heteroatoms. The van der Waals surface area contributed by atoms with Crippen molar-refractivity contribution >= 4 is 17.8 Å². The summed E-state index contributed by atoms with van der Waals surface area (Å²) in [5.41, 5.74) is -1.48. The van der Waals surface area contributed by atoms with Gasteiger partial charge in [0.1, 0.15) is 37.9 Å². The Bertz CT molecular complexity index is 772. The minimum atomic E-state index is -4.37. The van der Waals surface area contributed by atoms with E-state index in [1.54, 1.807) is 6.92 Å². The molecule has 1 atom stereocenters. The van der Waals surface area contributed by atoms with Gasteiger partial charge in [-0.25, -0.2) is 14.7 Å². The van der Waals surface area contributed by atoms with Gasteiger partial charge >= 0.3 is 12.2 Å². The van der Waals surface area contributed by atoms with E-state index in [4.69, 9.17) is 0 Å². The van der Waals surface area contributed by atoms with E-state index in [1.807, 2.05) is 4.90 Å². The highest BCUT2D eigenvalue weighted by atomic mass is 19.4. The Morgan fingerprint density at radius 2 is 1.93 bits per heavy atom. The Hall–Kier alpha value is -2.36. The van der Waals surface area contributed by atoms with Gasteiger partial charge in [0.15, 0.2) is 6.67 Å². The standard InChI is InChI=1S/C18H22F3N5O2/c1-17(12-2-3-12)15(27)26(16(28)23-17)11-24-6-8-25(9-7-24)14-5-4-13(10-22-14)18(19,20)21/h4-5,10,12H,2-3,6-9,11H2,1H3,(H,23,28)/p+2/t17-/m1/s1. The molecule has 4 rings (SSSR count). The van der Waals surface area contributed by atoms with Gasteiger partial charge in [-0.3, -0.25) is 9.69 Å². The monoisotopic (exact) mass is 399 g/mol. The Balaban J connectivity index is 1.33. The number of hydrogen-bond acceptors (Lipinski definition) is 3. The number of amides is 3. The summed E-state index contributed by atoms with van der Waals surface area (Å²) in [6.07, 6.45) is -1.47. The highest BCUT2D eigenvalue weighted by molar-refractivity contribution is 6.07. The molecule has 1 saturated carbocycles. The lowest BCUT2D eigenvalue weighted by atomic mass is 9.96. The molecule has 0 bridgehead atoms. The number of urea groups is 1. The summed E-state index contributed by atoms with van der Waals surface area (Å²) in [5.74, 6) is 0.713.